The second-order valence-corrected chi connectivity index (χ2v) is 31.7. The summed E-state index contributed by atoms with van der Waals surface area (Å²) in [6, 6.07) is 0. The van der Waals surface area contributed by atoms with Gasteiger partial charge in [-0.25, -0.2) is 9.13 Å². The fourth-order valence-electron chi connectivity index (χ4n) is 12.5. The van der Waals surface area contributed by atoms with Crippen LogP contribution in [0.15, 0.2) is 0 Å². The standard InChI is InChI=1S/C80H156O17P2/c1-5-9-13-17-21-25-29-32-34-35-36-37-38-39-41-44-47-51-55-59-63-67-80(85)97-76(71-91-78(83)65-61-57-53-49-45-43-40-33-30-26-22-18-14-10-6-2)73-95-99(88,89)93-69-74(81)68-92-98(86,87)94-72-75(70-90-77(82)64-60-56-52-48-28-24-20-16-12-8-4)96-79(84)66-62-58-54-50-46-42-31-27-23-19-15-11-7-3/h74-76,81H,5-73H2,1-4H3,(H,86,87)(H,88,89)/t74-,75+,76+/m0/s1. The highest BCUT2D eigenvalue weighted by Crippen LogP contribution is 2.45. The molecule has 0 aliphatic rings. The summed E-state index contributed by atoms with van der Waals surface area (Å²) in [5.41, 5.74) is 0. The lowest BCUT2D eigenvalue weighted by molar-refractivity contribution is -0.161. The van der Waals surface area contributed by atoms with Crippen molar-refractivity contribution in [1.82, 2.24) is 0 Å². The normalized spacial score (nSPS) is 13.8. The molecule has 0 spiro atoms. The largest absolute Gasteiger partial charge is 0.472 e. The highest BCUT2D eigenvalue weighted by atomic mass is 31.2. The van der Waals surface area contributed by atoms with Gasteiger partial charge in [0.15, 0.2) is 12.2 Å². The first-order valence-electron chi connectivity index (χ1n) is 41.8. The topological polar surface area (TPSA) is 237 Å². The number of phosphoric ester groups is 2. The molecule has 588 valence electrons. The quantitative estimate of drug-likeness (QED) is 0.0222. The zero-order valence-corrected chi connectivity index (χ0v) is 66.3. The molecule has 5 atom stereocenters. The van der Waals surface area contributed by atoms with Crippen LogP contribution in [0.5, 0.6) is 0 Å². The third-order valence-corrected chi connectivity index (χ3v) is 20.8. The van der Waals surface area contributed by atoms with Crippen LogP contribution in [0.25, 0.3) is 0 Å². The van der Waals surface area contributed by atoms with Gasteiger partial charge in [-0.05, 0) is 25.7 Å². The van der Waals surface area contributed by atoms with E-state index in [1.54, 1.807) is 0 Å². The van der Waals surface area contributed by atoms with Gasteiger partial charge in [-0.2, -0.15) is 0 Å². The number of aliphatic hydroxyl groups is 1. The average Bonchev–Trinajstić information content (AvgIpc) is 1.14. The number of hydrogen-bond acceptors (Lipinski definition) is 15. The zero-order chi connectivity index (χ0) is 72.5. The van der Waals surface area contributed by atoms with E-state index in [0.717, 1.165) is 89.9 Å². The average molecular weight is 1450 g/mol. The van der Waals surface area contributed by atoms with E-state index in [0.29, 0.717) is 25.7 Å². The fraction of sp³-hybridized carbons (Fsp3) is 0.950. The smallest absolute Gasteiger partial charge is 0.462 e. The minimum absolute atomic E-state index is 0.108. The molecule has 0 aliphatic heterocycles. The molecule has 0 aromatic heterocycles. The molecular formula is C80H156O17P2. The molecule has 0 saturated heterocycles. The molecule has 2 unspecified atom stereocenters. The molecule has 0 amide bonds. The lowest BCUT2D eigenvalue weighted by Gasteiger charge is -2.21. The molecular weight excluding hydrogens is 1290 g/mol. The Morgan fingerprint density at radius 1 is 0.242 bits per heavy atom. The van der Waals surface area contributed by atoms with Gasteiger partial charge in [0.2, 0.25) is 0 Å². The van der Waals surface area contributed by atoms with Crippen LogP contribution in [0, 0.1) is 0 Å². The molecule has 0 aromatic rings. The van der Waals surface area contributed by atoms with Crippen molar-refractivity contribution in [3.8, 4) is 0 Å². The lowest BCUT2D eigenvalue weighted by Crippen LogP contribution is -2.30. The van der Waals surface area contributed by atoms with E-state index in [1.807, 2.05) is 0 Å². The molecule has 19 heteroatoms. The molecule has 99 heavy (non-hydrogen) atoms. The van der Waals surface area contributed by atoms with E-state index >= 15 is 0 Å². The van der Waals surface area contributed by atoms with Crippen LogP contribution in [0.1, 0.15) is 432 Å². The number of aliphatic hydroxyl groups excluding tert-OH is 1. The van der Waals surface area contributed by atoms with Crippen LogP contribution < -0.4 is 0 Å². The summed E-state index contributed by atoms with van der Waals surface area (Å²) < 4.78 is 68.7. The van der Waals surface area contributed by atoms with E-state index in [4.69, 9.17) is 37.0 Å². The van der Waals surface area contributed by atoms with Crippen molar-refractivity contribution >= 4 is 39.5 Å². The molecule has 0 radical (unpaired) electrons. The third kappa shape index (κ3) is 74.1. The Hall–Kier alpha value is -1.94. The second-order valence-electron chi connectivity index (χ2n) is 28.8. The van der Waals surface area contributed by atoms with Crippen molar-refractivity contribution < 1.29 is 80.2 Å². The molecule has 0 bridgehead atoms. The van der Waals surface area contributed by atoms with Crippen molar-refractivity contribution in [3.05, 3.63) is 0 Å². The summed E-state index contributed by atoms with van der Waals surface area (Å²) in [7, 11) is -9.91. The number of esters is 4. The van der Waals surface area contributed by atoms with Crippen LogP contribution in [-0.4, -0.2) is 96.7 Å². The maximum absolute atomic E-state index is 13.1. The Kier molecular flexibility index (Phi) is 72.9. The molecule has 0 fully saturated rings. The van der Waals surface area contributed by atoms with Gasteiger partial charge in [0.05, 0.1) is 26.4 Å². The van der Waals surface area contributed by atoms with Gasteiger partial charge in [-0.1, -0.05) is 381 Å². The Labute approximate surface area is 607 Å². The Balaban J connectivity index is 5.21. The van der Waals surface area contributed by atoms with E-state index < -0.39 is 97.5 Å². The maximum atomic E-state index is 13.1. The Morgan fingerprint density at radius 2 is 0.404 bits per heavy atom. The highest BCUT2D eigenvalue weighted by molar-refractivity contribution is 7.47. The second kappa shape index (κ2) is 74.3. The van der Waals surface area contributed by atoms with E-state index in [9.17, 15) is 43.2 Å². The van der Waals surface area contributed by atoms with Gasteiger partial charge in [0.25, 0.3) is 0 Å². The monoisotopic (exact) mass is 1450 g/mol. The summed E-state index contributed by atoms with van der Waals surface area (Å²) in [5, 5.41) is 10.6. The van der Waals surface area contributed by atoms with Crippen LogP contribution in [0.2, 0.25) is 0 Å². The molecule has 0 aliphatic carbocycles. The van der Waals surface area contributed by atoms with Crippen molar-refractivity contribution in [2.24, 2.45) is 0 Å². The van der Waals surface area contributed by atoms with Gasteiger partial charge in [-0.15, -0.1) is 0 Å². The van der Waals surface area contributed by atoms with Crippen LogP contribution in [0.4, 0.5) is 0 Å². The number of rotatable bonds is 81. The molecule has 17 nitrogen and oxygen atoms in total. The van der Waals surface area contributed by atoms with Gasteiger partial charge < -0.3 is 33.8 Å². The molecule has 0 heterocycles. The summed E-state index contributed by atoms with van der Waals surface area (Å²) in [5.74, 6) is -2.11. The number of unbranched alkanes of at least 4 members (excludes halogenated alkanes) is 55. The van der Waals surface area contributed by atoms with Gasteiger partial charge >= 0.3 is 39.5 Å². The van der Waals surface area contributed by atoms with Crippen molar-refractivity contribution in [2.75, 3.05) is 39.6 Å². The number of hydrogen-bond donors (Lipinski definition) is 3. The van der Waals surface area contributed by atoms with E-state index in [-0.39, 0.29) is 25.7 Å². The van der Waals surface area contributed by atoms with E-state index in [2.05, 4.69) is 27.7 Å². The number of phosphoric acid groups is 2. The molecule has 0 aromatic carbocycles. The SMILES string of the molecule is CCCCCCCCCCCCCCCCCCCCCCCC(=O)O[C@H](COC(=O)CCCCCCCCCCCCCCCCC)COP(=O)(O)OC[C@@H](O)COP(=O)(O)OC[C@@H](COC(=O)CCCCCCCCCCCC)OC(=O)CCCCCCCCCCCCCCC. The number of carbonyl (C=O) groups is 4. The first kappa shape index (κ1) is 97.1. The number of ether oxygens (including phenoxy) is 4. The summed E-state index contributed by atoms with van der Waals surface area (Å²) in [4.78, 5) is 72.9. The van der Waals surface area contributed by atoms with Gasteiger partial charge in [-0.3, -0.25) is 37.3 Å². The predicted octanol–water partition coefficient (Wildman–Crippen LogP) is 24.2. The third-order valence-electron chi connectivity index (χ3n) is 18.9. The minimum atomic E-state index is -4.96. The van der Waals surface area contributed by atoms with Gasteiger partial charge in [0.1, 0.15) is 19.3 Å². The molecule has 0 rings (SSSR count). The zero-order valence-electron chi connectivity index (χ0n) is 64.5. The predicted molar refractivity (Wildman–Crippen MR) is 405 cm³/mol. The van der Waals surface area contributed by atoms with Crippen LogP contribution in [0.3, 0.4) is 0 Å². The number of carbonyl (C=O) groups excluding carboxylic acids is 4. The maximum Gasteiger partial charge on any atom is 0.472 e. The van der Waals surface area contributed by atoms with Gasteiger partial charge in [0, 0.05) is 25.7 Å². The first-order valence-corrected chi connectivity index (χ1v) is 44.8. The molecule has 3 N–H and O–H groups in total. The Morgan fingerprint density at radius 3 is 0.596 bits per heavy atom. The minimum Gasteiger partial charge on any atom is -0.462 e. The lowest BCUT2D eigenvalue weighted by atomic mass is 10.0. The summed E-state index contributed by atoms with van der Waals surface area (Å²) >= 11 is 0. The van der Waals surface area contributed by atoms with Crippen molar-refractivity contribution in [2.45, 2.75) is 451 Å². The van der Waals surface area contributed by atoms with Crippen molar-refractivity contribution in [1.29, 1.82) is 0 Å². The van der Waals surface area contributed by atoms with Crippen LogP contribution >= 0.6 is 15.6 Å². The summed E-state index contributed by atoms with van der Waals surface area (Å²) in [6.07, 6.45) is 66.6. The van der Waals surface area contributed by atoms with Crippen LogP contribution in [-0.2, 0) is 65.4 Å². The first-order chi connectivity index (χ1) is 48.2. The van der Waals surface area contributed by atoms with Crippen molar-refractivity contribution in [3.63, 3.8) is 0 Å². The molecule has 0 saturated carbocycles. The fourth-order valence-corrected chi connectivity index (χ4v) is 14.0. The summed E-state index contributed by atoms with van der Waals surface area (Å²) in [6.45, 7) is 5.01. The highest BCUT2D eigenvalue weighted by Gasteiger charge is 2.30. The Bertz CT molecular complexity index is 1880. The van der Waals surface area contributed by atoms with E-state index in [1.165, 1.54) is 263 Å².